The van der Waals surface area contributed by atoms with E-state index in [1.54, 1.807) is 0 Å². The van der Waals surface area contributed by atoms with E-state index in [9.17, 15) is 4.79 Å². The van der Waals surface area contributed by atoms with E-state index in [1.165, 1.54) is 11.1 Å². The molecule has 2 heterocycles. The molecule has 1 aromatic heterocycles. The summed E-state index contributed by atoms with van der Waals surface area (Å²) in [5, 5.41) is 0. The Morgan fingerprint density at radius 3 is 2.56 bits per heavy atom. The van der Waals surface area contributed by atoms with Crippen molar-refractivity contribution in [2.45, 2.75) is 32.2 Å². The Hall–Kier alpha value is -2.59. The second kappa shape index (κ2) is 7.97. The number of hydrogen-bond donors (Lipinski definition) is 1. The molecular weight excluding hydrogens is 334 g/mol. The number of fused-ring (bicyclic) bond motifs is 1. The van der Waals surface area contributed by atoms with Gasteiger partial charge in [0.25, 0.3) is 0 Å². The molecule has 1 N–H and O–H groups in total. The third kappa shape index (κ3) is 3.91. The van der Waals surface area contributed by atoms with Gasteiger partial charge in [0.2, 0.25) is 0 Å². The van der Waals surface area contributed by atoms with Crippen molar-refractivity contribution in [2.24, 2.45) is 0 Å². The molecule has 1 fully saturated rings. The zero-order valence-corrected chi connectivity index (χ0v) is 15.9. The van der Waals surface area contributed by atoms with E-state index in [1.807, 2.05) is 28.8 Å². The van der Waals surface area contributed by atoms with Crippen molar-refractivity contribution in [3.63, 3.8) is 0 Å². The van der Waals surface area contributed by atoms with Crippen LogP contribution in [-0.2, 0) is 0 Å². The van der Waals surface area contributed by atoms with E-state index in [2.05, 4.69) is 53.2 Å². The first-order chi connectivity index (χ1) is 13.2. The lowest BCUT2D eigenvalue weighted by molar-refractivity contribution is 0.189. The number of allylic oxidation sites excluding steroid dienone is 1. The molecule has 0 saturated carbocycles. The lowest BCUT2D eigenvalue weighted by atomic mass is 10.0. The highest BCUT2D eigenvalue weighted by Gasteiger charge is 2.23. The second-order valence-electron chi connectivity index (χ2n) is 7.43. The minimum absolute atomic E-state index is 0.0241. The van der Waals surface area contributed by atoms with Crippen LogP contribution in [0.15, 0.2) is 65.5 Å². The zero-order valence-electron chi connectivity index (χ0n) is 15.9. The Morgan fingerprint density at radius 1 is 1.07 bits per heavy atom. The SMILES string of the molecule is C/C(=C\CCN1CCC(n2c(=O)[nH]c3ccccc32)CC1)c1ccccc1. The second-order valence-corrected chi connectivity index (χ2v) is 7.43. The number of piperidine rings is 1. The quantitative estimate of drug-likeness (QED) is 0.729. The number of hydrogen-bond acceptors (Lipinski definition) is 2. The fourth-order valence-corrected chi connectivity index (χ4v) is 4.12. The van der Waals surface area contributed by atoms with E-state index >= 15 is 0 Å². The maximum absolute atomic E-state index is 12.4. The molecule has 1 aliphatic heterocycles. The van der Waals surface area contributed by atoms with Crippen LogP contribution in [0.2, 0.25) is 0 Å². The fourth-order valence-electron chi connectivity index (χ4n) is 4.12. The number of H-pyrrole nitrogens is 1. The molecule has 27 heavy (non-hydrogen) atoms. The third-order valence-corrected chi connectivity index (χ3v) is 5.67. The molecular formula is C23H27N3O. The lowest BCUT2D eigenvalue weighted by Crippen LogP contribution is -2.37. The van der Waals surface area contributed by atoms with Gasteiger partial charge in [-0.05, 0) is 49.5 Å². The van der Waals surface area contributed by atoms with Gasteiger partial charge in [-0.2, -0.15) is 0 Å². The van der Waals surface area contributed by atoms with Crippen LogP contribution in [-0.4, -0.2) is 34.1 Å². The predicted octanol–water partition coefficient (Wildman–Crippen LogP) is 4.46. The first-order valence-electron chi connectivity index (χ1n) is 9.86. The zero-order chi connectivity index (χ0) is 18.6. The molecule has 4 rings (SSSR count). The minimum Gasteiger partial charge on any atom is -0.306 e. The highest BCUT2D eigenvalue weighted by atomic mass is 16.1. The number of nitrogens with zero attached hydrogens (tertiary/aromatic N) is 2. The summed E-state index contributed by atoms with van der Waals surface area (Å²) in [4.78, 5) is 17.9. The number of imidazole rings is 1. The lowest BCUT2D eigenvalue weighted by Gasteiger charge is -2.32. The number of aromatic nitrogens is 2. The van der Waals surface area contributed by atoms with Crippen molar-refractivity contribution >= 4 is 16.6 Å². The molecule has 0 radical (unpaired) electrons. The maximum atomic E-state index is 12.4. The molecule has 0 spiro atoms. The van der Waals surface area contributed by atoms with Gasteiger partial charge in [0.1, 0.15) is 0 Å². The van der Waals surface area contributed by atoms with Gasteiger partial charge >= 0.3 is 5.69 Å². The molecule has 2 aromatic carbocycles. The van der Waals surface area contributed by atoms with Gasteiger partial charge in [-0.3, -0.25) is 4.57 Å². The highest BCUT2D eigenvalue weighted by Crippen LogP contribution is 2.25. The molecule has 0 unspecified atom stereocenters. The molecule has 0 aliphatic carbocycles. The van der Waals surface area contributed by atoms with E-state index in [0.717, 1.165) is 49.9 Å². The number of benzene rings is 2. The number of rotatable bonds is 5. The van der Waals surface area contributed by atoms with Gasteiger partial charge in [0, 0.05) is 25.7 Å². The smallest absolute Gasteiger partial charge is 0.306 e. The summed E-state index contributed by atoms with van der Waals surface area (Å²) < 4.78 is 1.96. The molecule has 0 bridgehead atoms. The summed E-state index contributed by atoms with van der Waals surface area (Å²) in [6.07, 6.45) is 5.47. The van der Waals surface area contributed by atoms with Crippen molar-refractivity contribution in [2.75, 3.05) is 19.6 Å². The van der Waals surface area contributed by atoms with Crippen LogP contribution in [0, 0.1) is 0 Å². The van der Waals surface area contributed by atoms with Crippen LogP contribution in [0.1, 0.15) is 37.8 Å². The largest absolute Gasteiger partial charge is 0.326 e. The Bertz CT molecular complexity index is 976. The van der Waals surface area contributed by atoms with Gasteiger partial charge in [-0.15, -0.1) is 0 Å². The predicted molar refractivity (Wildman–Crippen MR) is 112 cm³/mol. The van der Waals surface area contributed by atoms with Crippen molar-refractivity contribution in [1.82, 2.24) is 14.5 Å². The Balaban J connectivity index is 1.34. The van der Waals surface area contributed by atoms with Crippen LogP contribution in [0.3, 0.4) is 0 Å². The molecule has 4 heteroatoms. The van der Waals surface area contributed by atoms with Crippen molar-refractivity contribution in [3.05, 3.63) is 76.7 Å². The van der Waals surface area contributed by atoms with E-state index in [0.29, 0.717) is 6.04 Å². The number of likely N-dealkylation sites (tertiary alicyclic amines) is 1. The van der Waals surface area contributed by atoms with Crippen LogP contribution in [0.4, 0.5) is 0 Å². The summed E-state index contributed by atoms with van der Waals surface area (Å²) in [5.74, 6) is 0. The first kappa shape index (κ1) is 17.8. The monoisotopic (exact) mass is 361 g/mol. The van der Waals surface area contributed by atoms with Gasteiger partial charge in [0.15, 0.2) is 0 Å². The maximum Gasteiger partial charge on any atom is 0.326 e. The third-order valence-electron chi connectivity index (χ3n) is 5.67. The van der Waals surface area contributed by atoms with Crippen LogP contribution < -0.4 is 5.69 Å². The van der Waals surface area contributed by atoms with Gasteiger partial charge in [-0.25, -0.2) is 4.79 Å². The Labute approximate surface area is 160 Å². The Morgan fingerprint density at radius 2 is 1.78 bits per heavy atom. The van der Waals surface area contributed by atoms with Crippen LogP contribution in [0.5, 0.6) is 0 Å². The highest BCUT2D eigenvalue weighted by molar-refractivity contribution is 5.75. The summed E-state index contributed by atoms with van der Waals surface area (Å²) in [5.41, 5.74) is 4.63. The van der Waals surface area contributed by atoms with E-state index in [-0.39, 0.29) is 5.69 Å². The molecule has 140 valence electrons. The summed E-state index contributed by atoms with van der Waals surface area (Å²) >= 11 is 0. The fraction of sp³-hybridized carbons (Fsp3) is 0.348. The molecule has 1 aliphatic rings. The van der Waals surface area contributed by atoms with Crippen molar-refractivity contribution < 1.29 is 0 Å². The van der Waals surface area contributed by atoms with Gasteiger partial charge in [-0.1, -0.05) is 48.5 Å². The molecule has 3 aromatic rings. The topological polar surface area (TPSA) is 41.0 Å². The van der Waals surface area contributed by atoms with Crippen molar-refractivity contribution in [1.29, 1.82) is 0 Å². The molecule has 1 saturated heterocycles. The minimum atomic E-state index is 0.0241. The van der Waals surface area contributed by atoms with Gasteiger partial charge in [0.05, 0.1) is 11.0 Å². The van der Waals surface area contributed by atoms with Gasteiger partial charge < -0.3 is 9.88 Å². The number of aromatic amines is 1. The first-order valence-corrected chi connectivity index (χ1v) is 9.86. The number of para-hydroxylation sites is 2. The molecule has 4 nitrogen and oxygen atoms in total. The molecule has 0 atom stereocenters. The average molecular weight is 361 g/mol. The average Bonchev–Trinajstić information content (AvgIpc) is 3.05. The molecule has 0 amide bonds. The normalized spacial score (nSPS) is 16.9. The number of nitrogens with one attached hydrogen (secondary N) is 1. The summed E-state index contributed by atoms with van der Waals surface area (Å²) in [6, 6.07) is 18.8. The van der Waals surface area contributed by atoms with Crippen LogP contribution >= 0.6 is 0 Å². The van der Waals surface area contributed by atoms with Crippen LogP contribution in [0.25, 0.3) is 16.6 Å². The summed E-state index contributed by atoms with van der Waals surface area (Å²) in [6.45, 7) is 5.37. The Kier molecular flexibility index (Phi) is 5.26. The standard InChI is InChI=1S/C23H27N3O/c1-18(19-9-3-2-4-10-19)8-7-15-25-16-13-20(14-17-25)26-22-12-6-5-11-21(22)24-23(26)27/h2-6,8-12,20H,7,13-17H2,1H3,(H,24,27)/b18-8+. The van der Waals surface area contributed by atoms with E-state index < -0.39 is 0 Å². The summed E-state index contributed by atoms with van der Waals surface area (Å²) in [7, 11) is 0. The van der Waals surface area contributed by atoms with Crippen molar-refractivity contribution in [3.8, 4) is 0 Å². The van der Waals surface area contributed by atoms with E-state index in [4.69, 9.17) is 0 Å².